The lowest BCUT2D eigenvalue weighted by Gasteiger charge is -2.38. The van der Waals surface area contributed by atoms with Crippen LogP contribution in [0.25, 0.3) is 0 Å². The van der Waals surface area contributed by atoms with Crippen molar-refractivity contribution in [1.29, 1.82) is 0 Å². The van der Waals surface area contributed by atoms with Crippen molar-refractivity contribution in [3.05, 3.63) is 104 Å². The number of para-hydroxylation sites is 1. The summed E-state index contributed by atoms with van der Waals surface area (Å²) >= 11 is 3.62. The molecule has 5 rings (SSSR count). The maximum atomic E-state index is 13.8. The Morgan fingerprint density at radius 2 is 1.72 bits per heavy atom. The molecule has 0 saturated heterocycles. The first-order valence-corrected chi connectivity index (χ1v) is 12.7. The second-order valence-corrected chi connectivity index (χ2v) is 10.1. The van der Waals surface area contributed by atoms with Crippen molar-refractivity contribution in [3.63, 3.8) is 0 Å². The van der Waals surface area contributed by atoms with Gasteiger partial charge in [0.15, 0.2) is 0 Å². The minimum atomic E-state index is -0.384. The van der Waals surface area contributed by atoms with Gasteiger partial charge in [0, 0.05) is 16.9 Å². The summed E-state index contributed by atoms with van der Waals surface area (Å²) in [7, 11) is 1.68. The highest BCUT2D eigenvalue weighted by Gasteiger charge is 2.34. The molecule has 1 N–H and O–H groups in total. The SMILES string of the molecule is COc1ccc([C@@H]2Nc3ccccc3C(=O)N2c2cc(C)cc(C)c2)cc1Cn1nc(C)c(Br)c1C. The van der Waals surface area contributed by atoms with Crippen LogP contribution in [-0.2, 0) is 6.54 Å². The smallest absolute Gasteiger partial charge is 0.262 e. The zero-order chi connectivity index (χ0) is 25.6. The van der Waals surface area contributed by atoms with Gasteiger partial charge in [-0.25, -0.2) is 0 Å². The van der Waals surface area contributed by atoms with Crippen molar-refractivity contribution in [2.45, 2.75) is 40.4 Å². The first kappa shape index (κ1) is 24.1. The minimum absolute atomic E-state index is 0.0285. The van der Waals surface area contributed by atoms with Gasteiger partial charge in [0.1, 0.15) is 11.9 Å². The Bertz CT molecular complexity index is 1460. The number of nitrogens with zero attached hydrogens (tertiary/aromatic N) is 3. The van der Waals surface area contributed by atoms with Crippen LogP contribution in [-0.4, -0.2) is 22.8 Å². The van der Waals surface area contributed by atoms with E-state index in [9.17, 15) is 4.79 Å². The van der Waals surface area contributed by atoms with Crippen molar-refractivity contribution in [2.24, 2.45) is 0 Å². The van der Waals surface area contributed by atoms with Gasteiger partial charge in [-0.3, -0.25) is 14.4 Å². The number of halogens is 1. The van der Waals surface area contributed by atoms with Gasteiger partial charge < -0.3 is 10.1 Å². The molecule has 0 aliphatic carbocycles. The topological polar surface area (TPSA) is 59.4 Å². The van der Waals surface area contributed by atoms with E-state index in [2.05, 4.69) is 64.5 Å². The summed E-state index contributed by atoms with van der Waals surface area (Å²) in [6, 6.07) is 20.0. The molecular formula is C29H29BrN4O2. The second-order valence-electron chi connectivity index (χ2n) is 9.33. The predicted molar refractivity (Wildman–Crippen MR) is 147 cm³/mol. The van der Waals surface area contributed by atoms with Crippen molar-refractivity contribution < 1.29 is 9.53 Å². The molecule has 6 nitrogen and oxygen atoms in total. The largest absolute Gasteiger partial charge is 0.496 e. The van der Waals surface area contributed by atoms with E-state index in [4.69, 9.17) is 4.74 Å². The molecule has 1 aliphatic rings. The maximum absolute atomic E-state index is 13.8. The fraction of sp³-hybridized carbons (Fsp3) is 0.241. The number of benzene rings is 3. The molecule has 1 amide bonds. The number of ether oxygens (including phenoxy) is 1. The molecule has 1 aliphatic heterocycles. The summed E-state index contributed by atoms with van der Waals surface area (Å²) in [5.74, 6) is 0.752. The van der Waals surface area contributed by atoms with Crippen molar-refractivity contribution in [1.82, 2.24) is 9.78 Å². The molecule has 2 heterocycles. The number of amides is 1. The molecule has 184 valence electrons. The van der Waals surface area contributed by atoms with Crippen LogP contribution in [0.4, 0.5) is 11.4 Å². The van der Waals surface area contributed by atoms with Gasteiger partial charge in [-0.15, -0.1) is 0 Å². The standard InChI is InChI=1S/C29H29BrN4O2/c1-17-12-18(2)14-23(13-17)34-28(31-25-9-7-6-8-24(25)29(34)35)21-10-11-26(36-5)22(15-21)16-33-20(4)27(30)19(3)32-33/h6-15,28,31H,16H2,1-5H3/t28-/m1/s1. The molecule has 1 atom stereocenters. The van der Waals surface area contributed by atoms with Gasteiger partial charge in [-0.2, -0.15) is 5.10 Å². The molecule has 36 heavy (non-hydrogen) atoms. The summed E-state index contributed by atoms with van der Waals surface area (Å²) in [5, 5.41) is 8.30. The van der Waals surface area contributed by atoms with E-state index in [-0.39, 0.29) is 12.1 Å². The number of anilines is 2. The number of rotatable bonds is 5. The number of aryl methyl sites for hydroxylation is 3. The van der Waals surface area contributed by atoms with E-state index in [1.165, 1.54) is 0 Å². The molecule has 0 fully saturated rings. The van der Waals surface area contributed by atoms with Crippen LogP contribution < -0.4 is 15.0 Å². The predicted octanol–water partition coefficient (Wildman–Crippen LogP) is 6.71. The molecular weight excluding hydrogens is 516 g/mol. The Balaban J connectivity index is 1.63. The summed E-state index contributed by atoms with van der Waals surface area (Å²) in [4.78, 5) is 15.7. The van der Waals surface area contributed by atoms with Crippen LogP contribution in [0.2, 0.25) is 0 Å². The van der Waals surface area contributed by atoms with Crippen LogP contribution in [0.5, 0.6) is 5.75 Å². The molecule has 0 saturated carbocycles. The van der Waals surface area contributed by atoms with Crippen LogP contribution in [0.15, 0.2) is 65.1 Å². The number of fused-ring (bicyclic) bond motifs is 1. The number of aromatic nitrogens is 2. The lowest BCUT2D eigenvalue weighted by molar-refractivity contribution is 0.0975. The van der Waals surface area contributed by atoms with Crippen LogP contribution in [0, 0.1) is 27.7 Å². The van der Waals surface area contributed by atoms with Gasteiger partial charge in [-0.1, -0.05) is 24.3 Å². The van der Waals surface area contributed by atoms with Crippen molar-refractivity contribution in [3.8, 4) is 5.75 Å². The molecule has 4 aromatic rings. The van der Waals surface area contributed by atoms with E-state index in [1.54, 1.807) is 7.11 Å². The summed E-state index contributed by atoms with van der Waals surface area (Å²) < 4.78 is 8.68. The van der Waals surface area contributed by atoms with Crippen molar-refractivity contribution >= 4 is 33.2 Å². The molecule has 7 heteroatoms. The Morgan fingerprint density at radius 1 is 1.00 bits per heavy atom. The third kappa shape index (κ3) is 4.28. The Labute approximate surface area is 220 Å². The Morgan fingerprint density at radius 3 is 2.39 bits per heavy atom. The van der Waals surface area contributed by atoms with E-state index >= 15 is 0 Å². The van der Waals surface area contributed by atoms with E-state index < -0.39 is 0 Å². The zero-order valence-electron chi connectivity index (χ0n) is 21.1. The lowest BCUT2D eigenvalue weighted by Crippen LogP contribution is -2.43. The van der Waals surface area contributed by atoms with Gasteiger partial charge >= 0.3 is 0 Å². The molecule has 0 unspecified atom stereocenters. The molecule has 0 bridgehead atoms. The van der Waals surface area contributed by atoms with E-state index in [0.717, 1.165) is 55.2 Å². The normalized spacial score (nSPS) is 15.0. The average molecular weight is 545 g/mol. The monoisotopic (exact) mass is 544 g/mol. The van der Waals surface area contributed by atoms with Gasteiger partial charge in [0.25, 0.3) is 5.91 Å². The summed E-state index contributed by atoms with van der Waals surface area (Å²) in [5.41, 5.74) is 8.53. The Hall–Kier alpha value is -3.58. The zero-order valence-corrected chi connectivity index (χ0v) is 22.7. The number of nitrogens with one attached hydrogen (secondary N) is 1. The molecule has 0 radical (unpaired) electrons. The minimum Gasteiger partial charge on any atom is -0.496 e. The quantitative estimate of drug-likeness (QED) is 0.303. The van der Waals surface area contributed by atoms with E-state index in [0.29, 0.717) is 12.1 Å². The first-order chi connectivity index (χ1) is 17.3. The number of carbonyl (C=O) groups is 1. The Kier molecular flexibility index (Phi) is 6.35. The average Bonchev–Trinajstić information content (AvgIpc) is 3.09. The lowest BCUT2D eigenvalue weighted by atomic mass is 9.99. The number of hydrogen-bond donors (Lipinski definition) is 1. The highest BCUT2D eigenvalue weighted by atomic mass is 79.9. The third-order valence-electron chi connectivity index (χ3n) is 6.64. The summed E-state index contributed by atoms with van der Waals surface area (Å²) in [6.45, 7) is 8.69. The van der Waals surface area contributed by atoms with Gasteiger partial charge in [-0.05, 0) is 96.7 Å². The fourth-order valence-electron chi connectivity index (χ4n) is 4.93. The summed E-state index contributed by atoms with van der Waals surface area (Å²) in [6.07, 6.45) is -0.384. The number of carbonyl (C=O) groups excluding carboxylic acids is 1. The fourth-order valence-corrected chi connectivity index (χ4v) is 5.21. The van der Waals surface area contributed by atoms with Gasteiger partial charge in [0.2, 0.25) is 0 Å². The molecule has 1 aromatic heterocycles. The third-order valence-corrected chi connectivity index (χ3v) is 7.79. The van der Waals surface area contributed by atoms with Crippen molar-refractivity contribution in [2.75, 3.05) is 17.3 Å². The number of methoxy groups -OCH3 is 1. The highest BCUT2D eigenvalue weighted by molar-refractivity contribution is 9.10. The van der Waals surface area contributed by atoms with Crippen LogP contribution >= 0.6 is 15.9 Å². The molecule has 0 spiro atoms. The number of hydrogen-bond acceptors (Lipinski definition) is 4. The first-order valence-electron chi connectivity index (χ1n) is 11.9. The molecule has 3 aromatic carbocycles. The highest BCUT2D eigenvalue weighted by Crippen LogP contribution is 2.38. The van der Waals surface area contributed by atoms with Gasteiger partial charge in [0.05, 0.1) is 35.1 Å². The van der Waals surface area contributed by atoms with Crippen LogP contribution in [0.3, 0.4) is 0 Å². The van der Waals surface area contributed by atoms with Crippen LogP contribution in [0.1, 0.15) is 50.2 Å². The van der Waals surface area contributed by atoms with E-state index in [1.807, 2.05) is 59.8 Å². The second kappa shape index (κ2) is 9.47. The maximum Gasteiger partial charge on any atom is 0.262 e.